The molecule has 1 saturated heterocycles. The summed E-state index contributed by atoms with van der Waals surface area (Å²) in [6.07, 6.45) is 0. The molecule has 1 aliphatic heterocycles. The normalized spacial score (nSPS) is 14.5. The van der Waals surface area contributed by atoms with Crippen LogP contribution in [0, 0.1) is 0 Å². The van der Waals surface area contributed by atoms with Gasteiger partial charge in [0.2, 0.25) is 5.91 Å². The van der Waals surface area contributed by atoms with Crippen LogP contribution in [0.1, 0.15) is 12.5 Å². The van der Waals surface area contributed by atoms with Crippen LogP contribution >= 0.6 is 12.2 Å². The van der Waals surface area contributed by atoms with Gasteiger partial charge in [0.15, 0.2) is 5.11 Å². The van der Waals surface area contributed by atoms with Crippen LogP contribution in [0.3, 0.4) is 0 Å². The number of rotatable bonds is 5. The molecule has 1 aliphatic rings. The molecule has 4 nitrogen and oxygen atoms in total. The van der Waals surface area contributed by atoms with Gasteiger partial charge in [0.1, 0.15) is 12.3 Å². The molecular weight excluding hydrogens is 308 g/mol. The van der Waals surface area contributed by atoms with E-state index in [1.165, 1.54) is 0 Å². The van der Waals surface area contributed by atoms with Crippen molar-refractivity contribution in [2.45, 2.75) is 13.5 Å². The summed E-state index contributed by atoms with van der Waals surface area (Å²) < 4.78 is 5.44. The molecule has 0 atom stereocenters. The van der Waals surface area contributed by atoms with E-state index in [0.29, 0.717) is 18.3 Å². The van der Waals surface area contributed by atoms with Crippen molar-refractivity contribution in [1.82, 2.24) is 4.90 Å². The van der Waals surface area contributed by atoms with E-state index in [4.69, 9.17) is 17.0 Å². The zero-order valence-corrected chi connectivity index (χ0v) is 13.8. The molecule has 5 heteroatoms. The highest BCUT2D eigenvalue weighted by Crippen LogP contribution is 2.25. The van der Waals surface area contributed by atoms with Gasteiger partial charge < -0.3 is 9.64 Å². The fraction of sp³-hybridized carbons (Fsp3) is 0.222. The number of hydrogen-bond donors (Lipinski definition) is 0. The highest BCUT2D eigenvalue weighted by Gasteiger charge is 2.33. The summed E-state index contributed by atoms with van der Waals surface area (Å²) in [7, 11) is 0. The first-order chi connectivity index (χ1) is 11.2. The van der Waals surface area contributed by atoms with Crippen molar-refractivity contribution in [3.63, 3.8) is 0 Å². The SMILES string of the molecule is CCOc1ccc(N2CC(=O)N(Cc3ccccc3)C2=S)cc1. The predicted octanol–water partition coefficient (Wildman–Crippen LogP) is 3.22. The van der Waals surface area contributed by atoms with E-state index in [2.05, 4.69) is 0 Å². The number of nitrogens with zero attached hydrogens (tertiary/aromatic N) is 2. The van der Waals surface area contributed by atoms with E-state index >= 15 is 0 Å². The summed E-state index contributed by atoms with van der Waals surface area (Å²) in [5, 5.41) is 0.544. The number of carbonyl (C=O) groups is 1. The molecule has 0 radical (unpaired) electrons. The second-order valence-electron chi connectivity index (χ2n) is 5.26. The molecule has 0 unspecified atom stereocenters. The Labute approximate surface area is 141 Å². The molecular formula is C18H18N2O2S. The molecule has 0 spiro atoms. The Morgan fingerprint density at radius 1 is 1.09 bits per heavy atom. The molecule has 1 heterocycles. The van der Waals surface area contributed by atoms with E-state index < -0.39 is 0 Å². The monoisotopic (exact) mass is 326 g/mol. The maximum atomic E-state index is 12.3. The van der Waals surface area contributed by atoms with Crippen molar-refractivity contribution < 1.29 is 9.53 Å². The smallest absolute Gasteiger partial charge is 0.249 e. The van der Waals surface area contributed by atoms with Gasteiger partial charge in [-0.2, -0.15) is 0 Å². The zero-order chi connectivity index (χ0) is 16.2. The minimum atomic E-state index is 0.0211. The number of amides is 1. The second kappa shape index (κ2) is 6.79. The minimum Gasteiger partial charge on any atom is -0.494 e. The Kier molecular flexibility index (Phi) is 4.57. The van der Waals surface area contributed by atoms with Crippen molar-refractivity contribution in [1.29, 1.82) is 0 Å². The van der Waals surface area contributed by atoms with E-state index in [1.807, 2.05) is 66.4 Å². The Morgan fingerprint density at radius 2 is 1.78 bits per heavy atom. The van der Waals surface area contributed by atoms with Crippen LogP contribution in [0.25, 0.3) is 0 Å². The van der Waals surface area contributed by atoms with E-state index in [1.54, 1.807) is 4.90 Å². The quantitative estimate of drug-likeness (QED) is 0.790. The predicted molar refractivity (Wildman–Crippen MR) is 94.5 cm³/mol. The van der Waals surface area contributed by atoms with Crippen LogP contribution in [0.4, 0.5) is 5.69 Å². The molecule has 2 aromatic carbocycles. The molecule has 1 fully saturated rings. The van der Waals surface area contributed by atoms with Crippen LogP contribution in [-0.2, 0) is 11.3 Å². The van der Waals surface area contributed by atoms with Gasteiger partial charge in [0.25, 0.3) is 0 Å². The summed E-state index contributed by atoms with van der Waals surface area (Å²) in [6, 6.07) is 17.5. The van der Waals surface area contributed by atoms with Gasteiger partial charge in [-0.1, -0.05) is 30.3 Å². The molecule has 0 saturated carbocycles. The van der Waals surface area contributed by atoms with E-state index in [-0.39, 0.29) is 12.5 Å². The number of benzene rings is 2. The van der Waals surface area contributed by atoms with Gasteiger partial charge in [-0.25, -0.2) is 0 Å². The Hall–Kier alpha value is -2.40. The fourth-order valence-corrected chi connectivity index (χ4v) is 2.89. The average Bonchev–Trinajstić information content (AvgIpc) is 2.85. The second-order valence-corrected chi connectivity index (χ2v) is 5.63. The molecule has 1 amide bonds. The largest absolute Gasteiger partial charge is 0.494 e. The highest BCUT2D eigenvalue weighted by atomic mass is 32.1. The first-order valence-corrected chi connectivity index (χ1v) is 7.98. The third-order valence-corrected chi connectivity index (χ3v) is 4.14. The number of anilines is 1. The highest BCUT2D eigenvalue weighted by molar-refractivity contribution is 7.80. The van der Waals surface area contributed by atoms with Crippen molar-refractivity contribution in [2.24, 2.45) is 0 Å². The molecule has 118 valence electrons. The number of hydrogen-bond acceptors (Lipinski definition) is 3. The topological polar surface area (TPSA) is 32.8 Å². The Morgan fingerprint density at radius 3 is 2.43 bits per heavy atom. The van der Waals surface area contributed by atoms with Gasteiger partial charge >= 0.3 is 0 Å². The lowest BCUT2D eigenvalue weighted by Crippen LogP contribution is -2.32. The fourth-order valence-electron chi connectivity index (χ4n) is 2.55. The summed E-state index contributed by atoms with van der Waals surface area (Å²) in [4.78, 5) is 15.8. The van der Waals surface area contributed by atoms with E-state index in [9.17, 15) is 4.79 Å². The third kappa shape index (κ3) is 3.35. The van der Waals surface area contributed by atoms with Gasteiger partial charge in [0.05, 0.1) is 13.2 Å². The first-order valence-electron chi connectivity index (χ1n) is 7.57. The summed E-state index contributed by atoms with van der Waals surface area (Å²) in [5.74, 6) is 0.835. The molecule has 23 heavy (non-hydrogen) atoms. The molecule has 0 bridgehead atoms. The Balaban J connectivity index is 1.75. The maximum absolute atomic E-state index is 12.3. The van der Waals surface area contributed by atoms with Crippen LogP contribution in [0.2, 0.25) is 0 Å². The van der Waals surface area contributed by atoms with Gasteiger partial charge in [0, 0.05) is 5.69 Å². The third-order valence-electron chi connectivity index (χ3n) is 3.70. The first kappa shape index (κ1) is 15.5. The van der Waals surface area contributed by atoms with Crippen molar-refractivity contribution in [3.05, 3.63) is 60.2 Å². The summed E-state index contributed by atoms with van der Waals surface area (Å²) in [5.41, 5.74) is 1.97. The molecule has 0 N–H and O–H groups in total. The number of thiocarbonyl (C=S) groups is 1. The standard InChI is InChI=1S/C18H18N2O2S/c1-2-22-16-10-8-15(9-11-16)19-13-17(21)20(18(19)23)12-14-6-4-3-5-7-14/h3-11H,2,12-13H2,1H3. The maximum Gasteiger partial charge on any atom is 0.249 e. The molecule has 0 aliphatic carbocycles. The zero-order valence-electron chi connectivity index (χ0n) is 12.9. The lowest BCUT2D eigenvalue weighted by Gasteiger charge is -2.20. The summed E-state index contributed by atoms with van der Waals surface area (Å²) >= 11 is 5.50. The van der Waals surface area contributed by atoms with Crippen LogP contribution in [0.5, 0.6) is 5.75 Å². The summed E-state index contributed by atoms with van der Waals surface area (Å²) in [6.45, 7) is 3.36. The van der Waals surface area contributed by atoms with Gasteiger partial charge in [-0.3, -0.25) is 9.69 Å². The van der Waals surface area contributed by atoms with Crippen molar-refractivity contribution in [2.75, 3.05) is 18.1 Å². The van der Waals surface area contributed by atoms with Gasteiger partial charge in [-0.15, -0.1) is 0 Å². The van der Waals surface area contributed by atoms with Crippen LogP contribution in [0.15, 0.2) is 54.6 Å². The van der Waals surface area contributed by atoms with Crippen LogP contribution < -0.4 is 9.64 Å². The molecule has 0 aromatic heterocycles. The lowest BCUT2D eigenvalue weighted by molar-refractivity contribution is -0.124. The van der Waals surface area contributed by atoms with Crippen molar-refractivity contribution >= 4 is 28.9 Å². The Bertz CT molecular complexity index is 701. The average molecular weight is 326 g/mol. The number of carbonyl (C=O) groups excluding carboxylic acids is 1. The lowest BCUT2D eigenvalue weighted by atomic mass is 10.2. The minimum absolute atomic E-state index is 0.0211. The van der Waals surface area contributed by atoms with Crippen molar-refractivity contribution in [3.8, 4) is 5.75 Å². The molecule has 3 rings (SSSR count). The van der Waals surface area contributed by atoms with E-state index in [0.717, 1.165) is 17.0 Å². The van der Waals surface area contributed by atoms with Gasteiger partial charge in [-0.05, 0) is 49.0 Å². The number of ether oxygens (including phenoxy) is 1. The molecule has 2 aromatic rings. The van der Waals surface area contributed by atoms with Crippen LogP contribution in [-0.4, -0.2) is 29.1 Å².